The number of ether oxygens (including phenoxy) is 1. The molecule has 0 saturated heterocycles. The van der Waals surface area contributed by atoms with Crippen LogP contribution in [0.4, 0.5) is 10.1 Å². The van der Waals surface area contributed by atoms with Gasteiger partial charge in [0.05, 0.1) is 12.2 Å². The Labute approximate surface area is 88.2 Å². The summed E-state index contributed by atoms with van der Waals surface area (Å²) in [6.07, 6.45) is 0. The lowest BCUT2D eigenvalue weighted by atomic mass is 10.2. The molecular weight excluding hydrogens is 197 g/mol. The molecule has 82 valence electrons. The van der Waals surface area contributed by atoms with Gasteiger partial charge in [-0.15, -0.1) is 0 Å². The standard InChI is InChI=1S/C11H14FNO2/c1-2-15-11(14)9-5-3-4-6-10(9)13-8-7-12/h3-6,13H,2,7-8H2,1H3. The molecule has 0 heterocycles. The van der Waals surface area contributed by atoms with Gasteiger partial charge in [0.2, 0.25) is 0 Å². The van der Waals surface area contributed by atoms with Gasteiger partial charge >= 0.3 is 5.97 Å². The van der Waals surface area contributed by atoms with Crippen LogP contribution in [0.2, 0.25) is 0 Å². The number of benzene rings is 1. The van der Waals surface area contributed by atoms with E-state index in [2.05, 4.69) is 5.32 Å². The van der Waals surface area contributed by atoms with E-state index in [0.29, 0.717) is 17.9 Å². The summed E-state index contributed by atoms with van der Waals surface area (Å²) in [5, 5.41) is 2.83. The van der Waals surface area contributed by atoms with Crippen molar-refractivity contribution in [1.82, 2.24) is 0 Å². The van der Waals surface area contributed by atoms with Crippen molar-refractivity contribution in [1.29, 1.82) is 0 Å². The third-order valence-corrected chi connectivity index (χ3v) is 1.83. The first-order valence-corrected chi connectivity index (χ1v) is 4.85. The largest absolute Gasteiger partial charge is 0.462 e. The zero-order valence-corrected chi connectivity index (χ0v) is 8.63. The molecule has 3 nitrogen and oxygen atoms in total. The molecule has 0 amide bonds. The molecule has 1 rings (SSSR count). The van der Waals surface area contributed by atoms with E-state index >= 15 is 0 Å². The Hall–Kier alpha value is -1.58. The number of carbonyl (C=O) groups excluding carboxylic acids is 1. The van der Waals surface area contributed by atoms with E-state index in [-0.39, 0.29) is 12.5 Å². The summed E-state index contributed by atoms with van der Waals surface area (Å²) >= 11 is 0. The summed E-state index contributed by atoms with van der Waals surface area (Å²) in [6.45, 7) is 1.79. The average Bonchev–Trinajstić information content (AvgIpc) is 2.27. The van der Waals surface area contributed by atoms with Gasteiger partial charge in [-0.05, 0) is 19.1 Å². The molecule has 0 atom stereocenters. The first-order chi connectivity index (χ1) is 7.29. The Bertz CT molecular complexity index is 328. The smallest absolute Gasteiger partial charge is 0.340 e. The number of hydrogen-bond acceptors (Lipinski definition) is 3. The number of para-hydroxylation sites is 1. The highest BCUT2D eigenvalue weighted by molar-refractivity contribution is 5.95. The van der Waals surface area contributed by atoms with Gasteiger partial charge in [-0.1, -0.05) is 12.1 Å². The van der Waals surface area contributed by atoms with E-state index in [1.165, 1.54) is 0 Å². The van der Waals surface area contributed by atoms with Gasteiger partial charge in [0.1, 0.15) is 6.67 Å². The van der Waals surface area contributed by atoms with Crippen LogP contribution in [0.25, 0.3) is 0 Å². The maximum absolute atomic E-state index is 12.0. The quantitative estimate of drug-likeness (QED) is 0.759. The van der Waals surface area contributed by atoms with Crippen molar-refractivity contribution in [2.75, 3.05) is 25.1 Å². The Morgan fingerprint density at radius 1 is 1.47 bits per heavy atom. The number of rotatable bonds is 5. The Kier molecular flexibility index (Phi) is 4.60. The van der Waals surface area contributed by atoms with Gasteiger partial charge < -0.3 is 10.1 Å². The van der Waals surface area contributed by atoms with Gasteiger partial charge in [-0.25, -0.2) is 9.18 Å². The molecule has 0 bridgehead atoms. The molecule has 4 heteroatoms. The van der Waals surface area contributed by atoms with Crippen molar-refractivity contribution in [3.05, 3.63) is 29.8 Å². The second-order valence-corrected chi connectivity index (χ2v) is 2.88. The highest BCUT2D eigenvalue weighted by atomic mass is 19.1. The normalized spacial score (nSPS) is 9.73. The van der Waals surface area contributed by atoms with Crippen LogP contribution in [0.5, 0.6) is 0 Å². The van der Waals surface area contributed by atoms with Gasteiger partial charge in [0.15, 0.2) is 0 Å². The number of hydrogen-bond donors (Lipinski definition) is 1. The van der Waals surface area contributed by atoms with E-state index in [0.717, 1.165) is 0 Å². The van der Waals surface area contributed by atoms with Gasteiger partial charge in [-0.2, -0.15) is 0 Å². The maximum Gasteiger partial charge on any atom is 0.340 e. The fraction of sp³-hybridized carbons (Fsp3) is 0.364. The molecule has 0 fully saturated rings. The molecular formula is C11H14FNO2. The van der Waals surface area contributed by atoms with E-state index in [1.807, 2.05) is 0 Å². The van der Waals surface area contributed by atoms with Crippen molar-refractivity contribution in [2.24, 2.45) is 0 Å². The van der Waals surface area contributed by atoms with Crippen LogP contribution < -0.4 is 5.32 Å². The van der Waals surface area contributed by atoms with E-state index in [9.17, 15) is 9.18 Å². The Morgan fingerprint density at radius 3 is 2.87 bits per heavy atom. The van der Waals surface area contributed by atoms with Gasteiger partial charge in [0.25, 0.3) is 0 Å². The van der Waals surface area contributed by atoms with E-state index in [1.54, 1.807) is 31.2 Å². The minimum absolute atomic E-state index is 0.191. The van der Waals surface area contributed by atoms with Crippen LogP contribution in [0, 0.1) is 0 Å². The Morgan fingerprint density at radius 2 is 2.20 bits per heavy atom. The molecule has 1 aromatic rings. The average molecular weight is 211 g/mol. The van der Waals surface area contributed by atoms with Crippen molar-refractivity contribution < 1.29 is 13.9 Å². The second kappa shape index (κ2) is 6.01. The fourth-order valence-electron chi connectivity index (χ4n) is 1.21. The third-order valence-electron chi connectivity index (χ3n) is 1.83. The molecule has 0 aliphatic rings. The van der Waals surface area contributed by atoms with Crippen LogP contribution >= 0.6 is 0 Å². The zero-order chi connectivity index (χ0) is 11.1. The fourth-order valence-corrected chi connectivity index (χ4v) is 1.21. The lowest BCUT2D eigenvalue weighted by Gasteiger charge is -2.09. The van der Waals surface area contributed by atoms with Gasteiger partial charge in [0, 0.05) is 12.2 Å². The molecule has 0 aromatic heterocycles. The molecule has 0 radical (unpaired) electrons. The van der Waals surface area contributed by atoms with E-state index < -0.39 is 6.67 Å². The van der Waals surface area contributed by atoms with E-state index in [4.69, 9.17) is 4.74 Å². The predicted molar refractivity (Wildman–Crippen MR) is 56.9 cm³/mol. The number of halogens is 1. The minimum atomic E-state index is -0.475. The maximum atomic E-state index is 12.0. The summed E-state index contributed by atoms with van der Waals surface area (Å²) in [6, 6.07) is 6.90. The van der Waals surface area contributed by atoms with Crippen LogP contribution in [0.3, 0.4) is 0 Å². The highest BCUT2D eigenvalue weighted by Gasteiger charge is 2.10. The first kappa shape index (κ1) is 11.5. The SMILES string of the molecule is CCOC(=O)c1ccccc1NCCF. The number of anilines is 1. The Balaban J connectivity index is 2.80. The van der Waals surface area contributed by atoms with Crippen LogP contribution in [0.1, 0.15) is 17.3 Å². The van der Waals surface area contributed by atoms with Crippen molar-refractivity contribution in [2.45, 2.75) is 6.92 Å². The minimum Gasteiger partial charge on any atom is -0.462 e. The topological polar surface area (TPSA) is 38.3 Å². The summed E-state index contributed by atoms with van der Waals surface area (Å²) in [5.74, 6) is -0.389. The second-order valence-electron chi connectivity index (χ2n) is 2.88. The molecule has 0 aliphatic heterocycles. The first-order valence-electron chi connectivity index (χ1n) is 4.85. The van der Waals surface area contributed by atoms with Crippen LogP contribution in [-0.2, 0) is 4.74 Å². The summed E-state index contributed by atoms with van der Waals surface area (Å²) in [5.41, 5.74) is 1.04. The summed E-state index contributed by atoms with van der Waals surface area (Å²) in [7, 11) is 0. The summed E-state index contributed by atoms with van der Waals surface area (Å²) < 4.78 is 16.9. The number of esters is 1. The van der Waals surface area contributed by atoms with Gasteiger partial charge in [-0.3, -0.25) is 0 Å². The molecule has 0 spiro atoms. The van der Waals surface area contributed by atoms with Crippen LogP contribution in [0.15, 0.2) is 24.3 Å². The summed E-state index contributed by atoms with van der Waals surface area (Å²) in [4.78, 5) is 11.5. The number of carbonyl (C=O) groups is 1. The number of alkyl halides is 1. The monoisotopic (exact) mass is 211 g/mol. The third kappa shape index (κ3) is 3.23. The molecule has 15 heavy (non-hydrogen) atoms. The molecule has 1 aromatic carbocycles. The van der Waals surface area contributed by atoms with Crippen LogP contribution in [-0.4, -0.2) is 25.8 Å². The molecule has 0 saturated carbocycles. The van der Waals surface area contributed by atoms with Crippen molar-refractivity contribution >= 4 is 11.7 Å². The lowest BCUT2D eigenvalue weighted by Crippen LogP contribution is -2.11. The predicted octanol–water partition coefficient (Wildman–Crippen LogP) is 2.24. The molecule has 1 N–H and O–H groups in total. The van der Waals surface area contributed by atoms with Crippen molar-refractivity contribution in [3.8, 4) is 0 Å². The van der Waals surface area contributed by atoms with Crippen molar-refractivity contribution in [3.63, 3.8) is 0 Å². The highest BCUT2D eigenvalue weighted by Crippen LogP contribution is 2.15. The molecule has 0 unspecified atom stereocenters. The number of nitrogens with one attached hydrogen (secondary N) is 1. The molecule has 0 aliphatic carbocycles. The lowest BCUT2D eigenvalue weighted by molar-refractivity contribution is 0.0527. The zero-order valence-electron chi connectivity index (χ0n) is 8.63.